The standard InChI is InChI=1S/C27H29BrClN3O5S/c1-4-37-24-13-11-23(12-14-24)32(38(35,36)25-15-7-21(28)8-16-25)18-26(33)31(19(2)27(34)30-3)17-20-5-9-22(29)10-6-20/h5-16,19H,4,17-18H2,1-3H3,(H,30,34)/t19-/m0/s1. The molecule has 11 heteroatoms. The first-order valence-electron chi connectivity index (χ1n) is 11.8. The van der Waals surface area contributed by atoms with Gasteiger partial charge in [-0.15, -0.1) is 0 Å². The van der Waals surface area contributed by atoms with E-state index in [4.69, 9.17) is 16.3 Å². The molecule has 38 heavy (non-hydrogen) atoms. The lowest BCUT2D eigenvalue weighted by Crippen LogP contribution is -2.50. The highest BCUT2D eigenvalue weighted by atomic mass is 79.9. The number of hydrogen-bond acceptors (Lipinski definition) is 5. The summed E-state index contributed by atoms with van der Waals surface area (Å²) in [5.74, 6) is -0.359. The summed E-state index contributed by atoms with van der Waals surface area (Å²) >= 11 is 9.32. The van der Waals surface area contributed by atoms with Crippen molar-refractivity contribution in [3.8, 4) is 5.75 Å². The van der Waals surface area contributed by atoms with Crippen molar-refractivity contribution in [3.63, 3.8) is 0 Å². The SMILES string of the molecule is CCOc1ccc(N(CC(=O)N(Cc2ccc(Cl)cc2)[C@@H](C)C(=O)NC)S(=O)(=O)c2ccc(Br)cc2)cc1. The number of benzene rings is 3. The Morgan fingerprint density at radius 1 is 1.00 bits per heavy atom. The summed E-state index contributed by atoms with van der Waals surface area (Å²) in [6.07, 6.45) is 0. The molecule has 0 aromatic heterocycles. The number of amides is 2. The zero-order chi connectivity index (χ0) is 27.9. The van der Waals surface area contributed by atoms with Gasteiger partial charge in [0.15, 0.2) is 0 Å². The summed E-state index contributed by atoms with van der Waals surface area (Å²) in [5.41, 5.74) is 1.02. The Hall–Kier alpha value is -3.08. The Labute approximate surface area is 236 Å². The Morgan fingerprint density at radius 3 is 2.16 bits per heavy atom. The lowest BCUT2D eigenvalue weighted by atomic mass is 10.1. The second-order valence-corrected chi connectivity index (χ2v) is 11.5. The summed E-state index contributed by atoms with van der Waals surface area (Å²) < 4.78 is 34.8. The highest BCUT2D eigenvalue weighted by Gasteiger charge is 2.32. The van der Waals surface area contributed by atoms with Gasteiger partial charge in [0.25, 0.3) is 10.0 Å². The summed E-state index contributed by atoms with van der Waals surface area (Å²) in [5, 5.41) is 3.09. The normalized spacial score (nSPS) is 11.9. The number of carbonyl (C=O) groups is 2. The number of nitrogens with one attached hydrogen (secondary N) is 1. The fraction of sp³-hybridized carbons (Fsp3) is 0.259. The van der Waals surface area contributed by atoms with Crippen LogP contribution in [0.25, 0.3) is 0 Å². The van der Waals surface area contributed by atoms with Crippen molar-refractivity contribution in [1.82, 2.24) is 10.2 Å². The molecular formula is C27H29BrClN3O5S. The van der Waals surface area contributed by atoms with Gasteiger partial charge in [-0.1, -0.05) is 39.7 Å². The predicted molar refractivity (Wildman–Crippen MR) is 152 cm³/mol. The van der Waals surface area contributed by atoms with E-state index in [-0.39, 0.29) is 23.0 Å². The zero-order valence-corrected chi connectivity index (χ0v) is 24.4. The fourth-order valence-corrected chi connectivity index (χ4v) is 5.52. The van der Waals surface area contributed by atoms with Gasteiger partial charge in [0.05, 0.1) is 17.2 Å². The number of hydrogen-bond donors (Lipinski definition) is 1. The van der Waals surface area contributed by atoms with Crippen LogP contribution in [-0.2, 0) is 26.2 Å². The van der Waals surface area contributed by atoms with Crippen LogP contribution in [0, 0.1) is 0 Å². The molecule has 0 saturated carbocycles. The molecule has 0 bridgehead atoms. The van der Waals surface area contributed by atoms with E-state index in [0.717, 1.165) is 9.87 Å². The molecule has 0 unspecified atom stereocenters. The van der Waals surface area contributed by atoms with Crippen LogP contribution < -0.4 is 14.4 Å². The molecule has 3 aromatic rings. The molecule has 1 N–H and O–H groups in total. The quantitative estimate of drug-likeness (QED) is 0.330. The molecule has 0 spiro atoms. The summed E-state index contributed by atoms with van der Waals surface area (Å²) in [6, 6.07) is 18.6. The molecule has 0 saturated heterocycles. The van der Waals surface area contributed by atoms with E-state index < -0.39 is 28.5 Å². The maximum absolute atomic E-state index is 13.8. The first-order valence-corrected chi connectivity index (χ1v) is 14.4. The van der Waals surface area contributed by atoms with Gasteiger partial charge in [-0.05, 0) is 80.1 Å². The molecule has 0 radical (unpaired) electrons. The Bertz CT molecular complexity index is 1350. The molecule has 1 atom stereocenters. The lowest BCUT2D eigenvalue weighted by molar-refractivity contribution is -0.139. The second kappa shape index (κ2) is 13.1. The Kier molecular flexibility index (Phi) is 10.2. The number of likely N-dealkylation sites (N-methyl/N-ethyl adjacent to an activating group) is 1. The van der Waals surface area contributed by atoms with E-state index in [1.807, 2.05) is 6.92 Å². The van der Waals surface area contributed by atoms with Gasteiger partial charge in [0.2, 0.25) is 11.8 Å². The molecule has 0 heterocycles. The first kappa shape index (κ1) is 29.5. The molecule has 2 amide bonds. The van der Waals surface area contributed by atoms with Crippen molar-refractivity contribution in [1.29, 1.82) is 0 Å². The topological polar surface area (TPSA) is 96.0 Å². The molecule has 8 nitrogen and oxygen atoms in total. The molecule has 0 aliphatic carbocycles. The monoisotopic (exact) mass is 621 g/mol. The van der Waals surface area contributed by atoms with Crippen molar-refractivity contribution in [2.24, 2.45) is 0 Å². The maximum atomic E-state index is 13.8. The van der Waals surface area contributed by atoms with E-state index in [9.17, 15) is 18.0 Å². The number of rotatable bonds is 11. The maximum Gasteiger partial charge on any atom is 0.264 e. The van der Waals surface area contributed by atoms with Gasteiger partial charge < -0.3 is 15.0 Å². The average molecular weight is 623 g/mol. The van der Waals surface area contributed by atoms with Crippen LogP contribution in [0.1, 0.15) is 19.4 Å². The molecule has 0 aliphatic rings. The summed E-state index contributed by atoms with van der Waals surface area (Å²) in [7, 11) is -2.67. The zero-order valence-electron chi connectivity index (χ0n) is 21.2. The van der Waals surface area contributed by atoms with Gasteiger partial charge in [0, 0.05) is 23.1 Å². The Morgan fingerprint density at radius 2 is 1.61 bits per heavy atom. The van der Waals surface area contributed by atoms with Gasteiger partial charge in [0.1, 0.15) is 18.3 Å². The fourth-order valence-electron chi connectivity index (χ4n) is 3.72. The third kappa shape index (κ3) is 7.27. The molecule has 3 rings (SSSR count). The van der Waals surface area contributed by atoms with Gasteiger partial charge in [-0.3, -0.25) is 13.9 Å². The molecule has 0 fully saturated rings. The molecule has 3 aromatic carbocycles. The van der Waals surface area contributed by atoms with Crippen LogP contribution in [0.5, 0.6) is 5.75 Å². The van der Waals surface area contributed by atoms with Crippen molar-refractivity contribution in [2.75, 3.05) is 24.5 Å². The van der Waals surface area contributed by atoms with Gasteiger partial charge in [-0.2, -0.15) is 0 Å². The highest BCUT2D eigenvalue weighted by molar-refractivity contribution is 9.10. The van der Waals surface area contributed by atoms with Crippen LogP contribution in [0.4, 0.5) is 5.69 Å². The Balaban J connectivity index is 2.02. The number of halogens is 2. The first-order chi connectivity index (χ1) is 18.1. The molecule has 0 aliphatic heterocycles. The van der Waals surface area contributed by atoms with Crippen molar-refractivity contribution < 1.29 is 22.7 Å². The van der Waals surface area contributed by atoms with Crippen LogP contribution in [-0.4, -0.2) is 51.4 Å². The van der Waals surface area contributed by atoms with Gasteiger partial charge >= 0.3 is 0 Å². The van der Waals surface area contributed by atoms with Crippen LogP contribution in [0.2, 0.25) is 5.02 Å². The summed E-state index contributed by atoms with van der Waals surface area (Å²) in [4.78, 5) is 27.6. The molecular weight excluding hydrogens is 594 g/mol. The van der Waals surface area contributed by atoms with Gasteiger partial charge in [-0.25, -0.2) is 8.42 Å². The number of nitrogens with zero attached hydrogens (tertiary/aromatic N) is 2. The third-order valence-electron chi connectivity index (χ3n) is 5.80. The average Bonchev–Trinajstić information content (AvgIpc) is 2.91. The van der Waals surface area contributed by atoms with Crippen molar-refractivity contribution in [2.45, 2.75) is 31.3 Å². The smallest absolute Gasteiger partial charge is 0.264 e. The second-order valence-electron chi connectivity index (χ2n) is 8.33. The van der Waals surface area contributed by atoms with E-state index in [1.54, 1.807) is 67.6 Å². The van der Waals surface area contributed by atoms with Crippen LogP contribution >= 0.6 is 27.5 Å². The van der Waals surface area contributed by atoms with E-state index in [0.29, 0.717) is 21.9 Å². The number of anilines is 1. The van der Waals surface area contributed by atoms with E-state index in [2.05, 4.69) is 21.2 Å². The number of sulfonamides is 1. The minimum atomic E-state index is -4.15. The summed E-state index contributed by atoms with van der Waals surface area (Å²) in [6.45, 7) is 3.45. The van der Waals surface area contributed by atoms with Crippen molar-refractivity contribution in [3.05, 3.63) is 87.9 Å². The minimum absolute atomic E-state index is 0.0194. The molecule has 202 valence electrons. The number of carbonyl (C=O) groups excluding carboxylic acids is 2. The van der Waals surface area contributed by atoms with E-state index >= 15 is 0 Å². The van der Waals surface area contributed by atoms with E-state index in [1.165, 1.54) is 24.1 Å². The largest absolute Gasteiger partial charge is 0.494 e. The van der Waals surface area contributed by atoms with Crippen LogP contribution in [0.15, 0.2) is 82.2 Å². The highest BCUT2D eigenvalue weighted by Crippen LogP contribution is 2.27. The number of ether oxygens (including phenoxy) is 1. The third-order valence-corrected chi connectivity index (χ3v) is 8.36. The lowest BCUT2D eigenvalue weighted by Gasteiger charge is -2.31. The predicted octanol–water partition coefficient (Wildman–Crippen LogP) is 4.86. The minimum Gasteiger partial charge on any atom is -0.494 e. The van der Waals surface area contributed by atoms with Crippen LogP contribution in [0.3, 0.4) is 0 Å². The van der Waals surface area contributed by atoms with Crippen molar-refractivity contribution >= 4 is 55.1 Å².